The van der Waals surface area contributed by atoms with E-state index in [-0.39, 0.29) is 17.9 Å². The molecule has 1 N–H and O–H groups in total. The summed E-state index contributed by atoms with van der Waals surface area (Å²) in [6.45, 7) is 4.01. The van der Waals surface area contributed by atoms with Gasteiger partial charge < -0.3 is 9.84 Å². The minimum absolute atomic E-state index is 0.107. The van der Waals surface area contributed by atoms with Gasteiger partial charge in [-0.05, 0) is 30.9 Å². The van der Waals surface area contributed by atoms with Gasteiger partial charge in [-0.3, -0.25) is 4.79 Å². The zero-order valence-electron chi connectivity index (χ0n) is 15.0. The number of aromatic nitrogens is 3. The van der Waals surface area contributed by atoms with Gasteiger partial charge in [0.2, 0.25) is 5.89 Å². The number of thiazole rings is 1. The number of carbonyl (C=O) groups is 1. The molecule has 27 heavy (non-hydrogen) atoms. The second-order valence-corrected chi connectivity index (χ2v) is 8.30. The number of benzene rings is 1. The molecule has 0 radical (unpaired) electrons. The molecule has 2 heterocycles. The van der Waals surface area contributed by atoms with Crippen LogP contribution in [0.15, 0.2) is 34.2 Å². The lowest BCUT2D eigenvalue weighted by Gasteiger charge is -2.17. The van der Waals surface area contributed by atoms with Gasteiger partial charge in [0.15, 0.2) is 5.82 Å². The first-order valence-corrected chi connectivity index (χ1v) is 10.1. The smallest absolute Gasteiger partial charge is 0.271 e. The number of carbonyl (C=O) groups excluding carboxylic acids is 1. The predicted octanol–water partition coefficient (Wildman–Crippen LogP) is 4.85. The monoisotopic (exact) mass is 402 g/mol. The Morgan fingerprint density at radius 3 is 2.67 bits per heavy atom. The Kier molecular flexibility index (Phi) is 4.97. The molecule has 1 atom stereocenters. The Hall–Kier alpha value is -2.25. The molecular weight excluding hydrogens is 384 g/mol. The maximum Gasteiger partial charge on any atom is 0.271 e. The van der Waals surface area contributed by atoms with Gasteiger partial charge in [0, 0.05) is 21.9 Å². The van der Waals surface area contributed by atoms with E-state index in [1.807, 2.05) is 26.0 Å². The fourth-order valence-corrected chi connectivity index (χ4v) is 3.64. The van der Waals surface area contributed by atoms with E-state index in [2.05, 4.69) is 20.4 Å². The predicted molar refractivity (Wildman–Crippen MR) is 104 cm³/mol. The van der Waals surface area contributed by atoms with Crippen LogP contribution in [0.3, 0.4) is 0 Å². The quantitative estimate of drug-likeness (QED) is 0.637. The van der Waals surface area contributed by atoms with Crippen LogP contribution in [0.25, 0.3) is 10.6 Å². The molecule has 1 fully saturated rings. The molecule has 1 saturated carbocycles. The first-order chi connectivity index (χ1) is 13.0. The lowest BCUT2D eigenvalue weighted by Crippen LogP contribution is -2.32. The second-order valence-electron chi connectivity index (χ2n) is 7.01. The summed E-state index contributed by atoms with van der Waals surface area (Å²) < 4.78 is 5.41. The minimum Gasteiger partial charge on any atom is -0.339 e. The molecule has 0 aliphatic heterocycles. The van der Waals surface area contributed by atoms with Gasteiger partial charge in [-0.25, -0.2) is 4.98 Å². The Bertz CT molecular complexity index is 947. The number of halogens is 1. The number of amides is 1. The molecular formula is C19H19ClN4O2S. The maximum absolute atomic E-state index is 12.7. The summed E-state index contributed by atoms with van der Waals surface area (Å²) in [6.07, 6.45) is 2.20. The standard InChI is InChI=1S/C19H19ClN4O2S/c1-10(2)15(18-23-16(24-26-18)11-3-4-11)22-17(25)14-9-27-19(21-14)12-5-7-13(20)8-6-12/h5-11,15H,3-4H2,1-2H3,(H,22,25). The van der Waals surface area contributed by atoms with Crippen molar-refractivity contribution < 1.29 is 9.32 Å². The summed E-state index contributed by atoms with van der Waals surface area (Å²) >= 11 is 7.34. The largest absolute Gasteiger partial charge is 0.339 e. The molecule has 6 nitrogen and oxygen atoms in total. The van der Waals surface area contributed by atoms with Crippen LogP contribution >= 0.6 is 22.9 Å². The van der Waals surface area contributed by atoms with Gasteiger partial charge in [-0.1, -0.05) is 42.7 Å². The van der Waals surface area contributed by atoms with Crippen molar-refractivity contribution in [2.24, 2.45) is 5.92 Å². The molecule has 1 aromatic carbocycles. The highest BCUT2D eigenvalue weighted by molar-refractivity contribution is 7.13. The van der Waals surface area contributed by atoms with Crippen molar-refractivity contribution in [3.63, 3.8) is 0 Å². The van der Waals surface area contributed by atoms with Crippen LogP contribution in [0.5, 0.6) is 0 Å². The van der Waals surface area contributed by atoms with E-state index in [9.17, 15) is 4.79 Å². The van der Waals surface area contributed by atoms with Crippen molar-refractivity contribution in [1.29, 1.82) is 0 Å². The van der Waals surface area contributed by atoms with E-state index in [1.165, 1.54) is 11.3 Å². The minimum atomic E-state index is -0.349. The number of hydrogen-bond donors (Lipinski definition) is 1. The van der Waals surface area contributed by atoms with Crippen molar-refractivity contribution in [2.45, 2.75) is 38.6 Å². The molecule has 140 valence electrons. The van der Waals surface area contributed by atoms with Crippen LogP contribution in [0.4, 0.5) is 0 Å². The highest BCUT2D eigenvalue weighted by Crippen LogP contribution is 2.38. The number of hydrogen-bond acceptors (Lipinski definition) is 6. The van der Waals surface area contributed by atoms with Crippen LogP contribution < -0.4 is 5.32 Å². The van der Waals surface area contributed by atoms with Crippen molar-refractivity contribution in [3.05, 3.63) is 52.1 Å². The summed E-state index contributed by atoms with van der Waals surface area (Å²) in [6, 6.07) is 7.03. The summed E-state index contributed by atoms with van der Waals surface area (Å²) in [5, 5.41) is 10.2. The molecule has 1 unspecified atom stereocenters. The van der Waals surface area contributed by atoms with Gasteiger partial charge >= 0.3 is 0 Å². The first-order valence-electron chi connectivity index (χ1n) is 8.87. The van der Waals surface area contributed by atoms with Crippen molar-refractivity contribution >= 4 is 28.8 Å². The van der Waals surface area contributed by atoms with Crippen LogP contribution in [-0.4, -0.2) is 21.0 Å². The summed E-state index contributed by atoms with van der Waals surface area (Å²) in [5.41, 5.74) is 1.30. The lowest BCUT2D eigenvalue weighted by molar-refractivity contribution is 0.0909. The average molecular weight is 403 g/mol. The third kappa shape index (κ3) is 4.04. The summed E-state index contributed by atoms with van der Waals surface area (Å²) in [4.78, 5) is 21.6. The van der Waals surface area contributed by atoms with Crippen molar-refractivity contribution in [2.75, 3.05) is 0 Å². The normalized spacial score (nSPS) is 15.1. The molecule has 1 aliphatic carbocycles. The summed E-state index contributed by atoms with van der Waals surface area (Å²) in [7, 11) is 0. The molecule has 3 aromatic rings. The van der Waals surface area contributed by atoms with E-state index in [4.69, 9.17) is 16.1 Å². The Balaban J connectivity index is 1.50. The van der Waals surface area contributed by atoms with E-state index in [0.29, 0.717) is 22.5 Å². The fraction of sp³-hybridized carbons (Fsp3) is 0.368. The van der Waals surface area contributed by atoms with Crippen LogP contribution in [0.1, 0.15) is 60.9 Å². The van der Waals surface area contributed by atoms with Gasteiger partial charge in [0.05, 0.1) is 0 Å². The fourth-order valence-electron chi connectivity index (χ4n) is 2.71. The van der Waals surface area contributed by atoms with Crippen molar-refractivity contribution in [1.82, 2.24) is 20.4 Å². The molecule has 2 aromatic heterocycles. The van der Waals surface area contributed by atoms with Gasteiger partial charge in [-0.15, -0.1) is 11.3 Å². The SMILES string of the molecule is CC(C)C(NC(=O)c1csc(-c2ccc(Cl)cc2)n1)c1nc(C2CC2)no1. The number of rotatable bonds is 6. The Morgan fingerprint density at radius 1 is 1.26 bits per heavy atom. The van der Waals surface area contributed by atoms with Gasteiger partial charge in [0.25, 0.3) is 5.91 Å². The zero-order valence-corrected chi connectivity index (χ0v) is 16.5. The lowest BCUT2D eigenvalue weighted by atomic mass is 10.0. The Morgan fingerprint density at radius 2 is 2.00 bits per heavy atom. The van der Waals surface area contributed by atoms with Gasteiger partial charge in [0.1, 0.15) is 16.7 Å². The van der Waals surface area contributed by atoms with E-state index < -0.39 is 0 Å². The maximum atomic E-state index is 12.7. The third-order valence-electron chi connectivity index (χ3n) is 4.45. The van der Waals surface area contributed by atoms with Gasteiger partial charge in [-0.2, -0.15) is 4.98 Å². The third-order valence-corrected chi connectivity index (χ3v) is 5.59. The molecule has 0 saturated heterocycles. The summed E-state index contributed by atoms with van der Waals surface area (Å²) in [5.74, 6) is 1.45. The van der Waals surface area contributed by atoms with Crippen LogP contribution in [0.2, 0.25) is 5.02 Å². The molecule has 4 rings (SSSR count). The molecule has 8 heteroatoms. The number of nitrogens with zero attached hydrogens (tertiary/aromatic N) is 3. The molecule has 0 spiro atoms. The molecule has 1 aliphatic rings. The Labute approximate surface area is 166 Å². The van der Waals surface area contributed by atoms with Crippen molar-refractivity contribution in [3.8, 4) is 10.6 Å². The molecule has 0 bridgehead atoms. The topological polar surface area (TPSA) is 80.9 Å². The number of nitrogens with one attached hydrogen (secondary N) is 1. The van der Waals surface area contributed by atoms with E-state index in [1.54, 1.807) is 17.5 Å². The van der Waals surface area contributed by atoms with E-state index in [0.717, 1.165) is 29.2 Å². The first kappa shape index (κ1) is 18.1. The van der Waals surface area contributed by atoms with Crippen LogP contribution in [0, 0.1) is 5.92 Å². The van der Waals surface area contributed by atoms with Crippen LogP contribution in [-0.2, 0) is 0 Å². The zero-order chi connectivity index (χ0) is 19.0. The average Bonchev–Trinajstić information content (AvgIpc) is 3.18. The highest BCUT2D eigenvalue weighted by Gasteiger charge is 2.32. The van der Waals surface area contributed by atoms with E-state index >= 15 is 0 Å². The molecule has 1 amide bonds. The highest BCUT2D eigenvalue weighted by atomic mass is 35.5. The second kappa shape index (κ2) is 7.40.